The second-order valence-electron chi connectivity index (χ2n) is 6.74. The van der Waals surface area contributed by atoms with Crippen LogP contribution in [0.2, 0.25) is 0 Å². The molecule has 2 amide bonds. The minimum absolute atomic E-state index is 0.0649. The molecule has 0 atom stereocenters. The Balaban J connectivity index is 1.33. The lowest BCUT2D eigenvalue weighted by Gasteiger charge is -2.13. The second kappa shape index (κ2) is 8.16. The zero-order valence-electron chi connectivity index (χ0n) is 16.1. The molecule has 152 valence electrons. The molecule has 1 aliphatic heterocycles. The number of aryl methyl sites for hydroxylation is 1. The largest absolute Gasteiger partial charge is 0.461 e. The van der Waals surface area contributed by atoms with Crippen LogP contribution in [0.3, 0.4) is 0 Å². The number of fused-ring (bicyclic) bond motifs is 1. The van der Waals surface area contributed by atoms with Crippen molar-refractivity contribution in [3.05, 3.63) is 76.0 Å². The van der Waals surface area contributed by atoms with Gasteiger partial charge < -0.3 is 4.74 Å². The van der Waals surface area contributed by atoms with E-state index in [0.717, 1.165) is 0 Å². The average Bonchev–Trinajstić information content (AvgIpc) is 3.25. The molecule has 0 radical (unpaired) electrons. The van der Waals surface area contributed by atoms with Crippen LogP contribution in [-0.2, 0) is 4.74 Å². The summed E-state index contributed by atoms with van der Waals surface area (Å²) in [5.74, 6) is -1.52. The van der Waals surface area contributed by atoms with Crippen LogP contribution in [0.15, 0.2) is 48.5 Å². The highest BCUT2D eigenvalue weighted by atomic mass is 32.1. The topological polar surface area (TPSA) is 76.6 Å². The summed E-state index contributed by atoms with van der Waals surface area (Å²) >= 11 is 1.18. The molecular weight excluding hydrogens is 407 g/mol. The molecule has 1 aliphatic rings. The fourth-order valence-corrected chi connectivity index (χ4v) is 4.16. The number of amides is 2. The number of ether oxygens (including phenoxy) is 1. The van der Waals surface area contributed by atoms with Gasteiger partial charge >= 0.3 is 5.97 Å². The predicted molar refractivity (Wildman–Crippen MR) is 109 cm³/mol. The number of carbonyl (C=O) groups excluding carboxylic acids is 3. The first kappa shape index (κ1) is 19.9. The number of benzene rings is 2. The summed E-state index contributed by atoms with van der Waals surface area (Å²) < 4.78 is 18.4. The van der Waals surface area contributed by atoms with Crippen molar-refractivity contribution in [1.29, 1.82) is 0 Å². The zero-order chi connectivity index (χ0) is 21.3. The summed E-state index contributed by atoms with van der Waals surface area (Å²) in [5, 5.41) is 0.602. The van der Waals surface area contributed by atoms with Crippen molar-refractivity contribution in [1.82, 2.24) is 9.88 Å². The first-order valence-corrected chi connectivity index (χ1v) is 10.1. The van der Waals surface area contributed by atoms with Gasteiger partial charge in [0.2, 0.25) is 0 Å². The third-order valence-electron chi connectivity index (χ3n) is 4.71. The number of rotatable bonds is 6. The molecule has 0 aliphatic carbocycles. The molecule has 8 heteroatoms. The predicted octanol–water partition coefficient (Wildman–Crippen LogP) is 4.10. The number of esters is 1. The summed E-state index contributed by atoms with van der Waals surface area (Å²) in [4.78, 5) is 43.0. The first-order chi connectivity index (χ1) is 14.5. The molecule has 0 unspecified atom stereocenters. The number of nitrogens with zero attached hydrogens (tertiary/aromatic N) is 2. The van der Waals surface area contributed by atoms with Gasteiger partial charge in [-0.05, 0) is 49.7 Å². The van der Waals surface area contributed by atoms with Gasteiger partial charge in [0.15, 0.2) is 0 Å². The van der Waals surface area contributed by atoms with Crippen LogP contribution in [-0.4, -0.2) is 40.8 Å². The Morgan fingerprint density at radius 2 is 1.70 bits per heavy atom. The summed E-state index contributed by atoms with van der Waals surface area (Å²) in [6.07, 6.45) is 0.333. The van der Waals surface area contributed by atoms with Crippen LogP contribution in [0.4, 0.5) is 4.39 Å². The molecule has 2 aromatic carbocycles. The quantitative estimate of drug-likeness (QED) is 0.338. The van der Waals surface area contributed by atoms with Crippen LogP contribution >= 0.6 is 11.3 Å². The molecule has 0 fully saturated rings. The van der Waals surface area contributed by atoms with Crippen molar-refractivity contribution in [2.24, 2.45) is 0 Å². The van der Waals surface area contributed by atoms with Crippen molar-refractivity contribution in [3.63, 3.8) is 0 Å². The van der Waals surface area contributed by atoms with E-state index in [4.69, 9.17) is 4.74 Å². The molecule has 1 aromatic heterocycles. The molecule has 0 saturated carbocycles. The van der Waals surface area contributed by atoms with Gasteiger partial charge in [0.25, 0.3) is 11.8 Å². The Bertz CT molecular complexity index is 1110. The van der Waals surface area contributed by atoms with E-state index < -0.39 is 5.97 Å². The van der Waals surface area contributed by atoms with Crippen molar-refractivity contribution in [2.45, 2.75) is 13.3 Å². The molecule has 3 aromatic rings. The molecule has 0 saturated heterocycles. The second-order valence-corrected chi connectivity index (χ2v) is 7.74. The smallest absolute Gasteiger partial charge is 0.350 e. The van der Waals surface area contributed by atoms with E-state index in [0.29, 0.717) is 38.7 Å². The van der Waals surface area contributed by atoms with E-state index in [9.17, 15) is 18.8 Å². The monoisotopic (exact) mass is 424 g/mol. The minimum atomic E-state index is -0.513. The van der Waals surface area contributed by atoms with Crippen molar-refractivity contribution in [2.75, 3.05) is 13.2 Å². The Morgan fingerprint density at radius 1 is 1.07 bits per heavy atom. The highest BCUT2D eigenvalue weighted by Crippen LogP contribution is 2.28. The summed E-state index contributed by atoms with van der Waals surface area (Å²) in [6, 6.07) is 12.6. The maximum absolute atomic E-state index is 13.1. The normalized spacial score (nSPS) is 12.9. The first-order valence-electron chi connectivity index (χ1n) is 9.31. The van der Waals surface area contributed by atoms with Gasteiger partial charge in [-0.3, -0.25) is 14.5 Å². The SMILES string of the molecule is Cc1nc(-c2ccc(F)cc2)sc1C(=O)OCCCN1C(=O)c2ccccc2C1=O. The number of thiazole rings is 1. The van der Waals surface area contributed by atoms with E-state index in [1.807, 2.05) is 0 Å². The van der Waals surface area contributed by atoms with Crippen LogP contribution in [0.25, 0.3) is 10.6 Å². The highest BCUT2D eigenvalue weighted by molar-refractivity contribution is 7.17. The lowest BCUT2D eigenvalue weighted by molar-refractivity contribution is 0.0487. The van der Waals surface area contributed by atoms with Crippen molar-refractivity contribution < 1.29 is 23.5 Å². The Labute approximate surface area is 175 Å². The highest BCUT2D eigenvalue weighted by Gasteiger charge is 2.34. The minimum Gasteiger partial charge on any atom is -0.461 e. The summed E-state index contributed by atoms with van der Waals surface area (Å²) in [5.41, 5.74) is 2.04. The van der Waals surface area contributed by atoms with Crippen LogP contribution < -0.4 is 0 Å². The number of hydrogen-bond donors (Lipinski definition) is 0. The number of aromatic nitrogens is 1. The molecule has 0 N–H and O–H groups in total. The molecule has 2 heterocycles. The number of carbonyl (C=O) groups is 3. The van der Waals surface area contributed by atoms with E-state index in [1.165, 1.54) is 28.4 Å². The van der Waals surface area contributed by atoms with Crippen LogP contribution in [0, 0.1) is 12.7 Å². The van der Waals surface area contributed by atoms with E-state index in [1.54, 1.807) is 43.3 Å². The Kier molecular flexibility index (Phi) is 5.41. The lowest BCUT2D eigenvalue weighted by atomic mass is 10.1. The van der Waals surface area contributed by atoms with Crippen LogP contribution in [0.5, 0.6) is 0 Å². The average molecular weight is 424 g/mol. The fraction of sp³-hybridized carbons (Fsp3) is 0.182. The van der Waals surface area contributed by atoms with Gasteiger partial charge in [0, 0.05) is 12.1 Å². The van der Waals surface area contributed by atoms with Crippen LogP contribution in [0.1, 0.15) is 42.5 Å². The standard InChI is InChI=1S/C22H17FN2O4S/c1-13-18(30-19(24-13)14-7-9-15(23)10-8-14)22(28)29-12-4-11-25-20(26)16-5-2-3-6-17(16)21(25)27/h2-3,5-10H,4,11-12H2,1H3. The maximum Gasteiger partial charge on any atom is 0.350 e. The van der Waals surface area contributed by atoms with Gasteiger partial charge in [0.05, 0.1) is 23.4 Å². The zero-order valence-corrected chi connectivity index (χ0v) is 16.9. The third kappa shape index (κ3) is 3.73. The fourth-order valence-electron chi connectivity index (χ4n) is 3.20. The van der Waals surface area contributed by atoms with E-state index >= 15 is 0 Å². The number of hydrogen-bond acceptors (Lipinski definition) is 6. The molecular formula is C22H17FN2O4S. The Morgan fingerprint density at radius 3 is 2.33 bits per heavy atom. The van der Waals surface area contributed by atoms with Gasteiger partial charge in [-0.2, -0.15) is 0 Å². The summed E-state index contributed by atoms with van der Waals surface area (Å²) in [7, 11) is 0. The molecule has 4 rings (SSSR count). The van der Waals surface area contributed by atoms with E-state index in [2.05, 4.69) is 4.98 Å². The van der Waals surface area contributed by atoms with Crippen molar-refractivity contribution in [3.8, 4) is 10.6 Å². The van der Waals surface area contributed by atoms with E-state index in [-0.39, 0.29) is 30.8 Å². The maximum atomic E-state index is 13.1. The van der Waals surface area contributed by atoms with Crippen molar-refractivity contribution >= 4 is 29.1 Å². The van der Waals surface area contributed by atoms with Gasteiger partial charge in [-0.25, -0.2) is 14.2 Å². The van der Waals surface area contributed by atoms with Gasteiger partial charge in [0.1, 0.15) is 15.7 Å². The Hall–Kier alpha value is -3.39. The number of halogens is 1. The number of imide groups is 1. The third-order valence-corrected chi connectivity index (χ3v) is 5.90. The molecule has 0 bridgehead atoms. The molecule has 0 spiro atoms. The van der Waals surface area contributed by atoms with Gasteiger partial charge in [-0.1, -0.05) is 12.1 Å². The van der Waals surface area contributed by atoms with Gasteiger partial charge in [-0.15, -0.1) is 11.3 Å². The lowest BCUT2D eigenvalue weighted by Crippen LogP contribution is -2.31. The molecule has 6 nitrogen and oxygen atoms in total. The molecule has 30 heavy (non-hydrogen) atoms. The summed E-state index contributed by atoms with van der Waals surface area (Å²) in [6.45, 7) is 1.94.